The predicted molar refractivity (Wildman–Crippen MR) is 164 cm³/mol. The third-order valence-corrected chi connectivity index (χ3v) is 9.19. The van der Waals surface area contributed by atoms with Crippen LogP contribution < -0.4 is 21.1 Å². The van der Waals surface area contributed by atoms with Gasteiger partial charge in [-0.05, 0) is 55.5 Å². The second kappa shape index (κ2) is 14.1. The molecule has 2 amide bonds. The van der Waals surface area contributed by atoms with Crippen molar-refractivity contribution in [2.24, 2.45) is 5.92 Å². The van der Waals surface area contributed by atoms with Crippen LogP contribution in [0.2, 0.25) is 5.02 Å². The average molecular weight is 630 g/mol. The van der Waals surface area contributed by atoms with Crippen molar-refractivity contribution < 1.29 is 33.7 Å². The van der Waals surface area contributed by atoms with Crippen molar-refractivity contribution in [2.45, 2.75) is 43.7 Å². The van der Waals surface area contributed by atoms with Gasteiger partial charge in [0.25, 0.3) is 11.8 Å². The molecule has 0 aromatic heterocycles. The Morgan fingerprint density at radius 1 is 1.02 bits per heavy atom. The van der Waals surface area contributed by atoms with Crippen LogP contribution in [-0.4, -0.2) is 111 Å². The number of benzene rings is 2. The first-order chi connectivity index (χ1) is 21.2. The van der Waals surface area contributed by atoms with E-state index >= 15 is 0 Å². The minimum absolute atomic E-state index is 0.168. The zero-order valence-corrected chi connectivity index (χ0v) is 25.7. The average Bonchev–Trinajstić information content (AvgIpc) is 3.04. The number of hydrogen-bond acceptors (Lipinski definition) is 10. The zero-order chi connectivity index (χ0) is 31.4. The Morgan fingerprint density at radius 2 is 1.73 bits per heavy atom. The van der Waals surface area contributed by atoms with Crippen molar-refractivity contribution in [3.63, 3.8) is 0 Å². The Bertz CT molecular complexity index is 1350. The summed E-state index contributed by atoms with van der Waals surface area (Å²) in [7, 11) is 3.07. The molecule has 2 aromatic rings. The lowest BCUT2D eigenvalue weighted by atomic mass is 9.84. The maximum Gasteiger partial charge on any atom is 0.339 e. The first kappa shape index (κ1) is 32.0. The van der Waals surface area contributed by atoms with Crippen molar-refractivity contribution in [1.29, 1.82) is 0 Å². The van der Waals surface area contributed by atoms with Gasteiger partial charge in [0, 0.05) is 58.0 Å². The first-order valence-corrected chi connectivity index (χ1v) is 15.3. The Balaban J connectivity index is 1.07. The third kappa shape index (κ3) is 7.10. The van der Waals surface area contributed by atoms with E-state index in [2.05, 4.69) is 15.5 Å². The highest BCUT2D eigenvalue weighted by Gasteiger charge is 2.43. The number of carbonyl (C=O) groups is 3. The molecule has 4 fully saturated rings. The van der Waals surface area contributed by atoms with Crippen LogP contribution in [0.25, 0.3) is 0 Å². The number of nitrogens with zero attached hydrogens (tertiary/aromatic N) is 2. The number of carbonyl (C=O) groups excluding carboxylic acids is 3. The largest absolute Gasteiger partial charge is 0.496 e. The van der Waals surface area contributed by atoms with Gasteiger partial charge in [-0.15, -0.1) is 0 Å². The second-order valence-electron chi connectivity index (χ2n) is 11.5. The summed E-state index contributed by atoms with van der Waals surface area (Å²) in [5, 5.41) is 16.7. The highest BCUT2D eigenvalue weighted by Crippen LogP contribution is 2.33. The van der Waals surface area contributed by atoms with E-state index < -0.39 is 18.3 Å². The molecule has 0 spiro atoms. The number of anilines is 1. The van der Waals surface area contributed by atoms with E-state index in [0.29, 0.717) is 60.7 Å². The monoisotopic (exact) mass is 629 g/mol. The van der Waals surface area contributed by atoms with E-state index in [1.807, 2.05) is 4.90 Å². The number of nitrogens with one attached hydrogen (secondary N) is 2. The van der Waals surface area contributed by atoms with Crippen LogP contribution in [0.15, 0.2) is 36.4 Å². The Hall–Kier alpha value is -3.42. The lowest BCUT2D eigenvalue weighted by Gasteiger charge is -2.47. The normalized spacial score (nSPS) is 26.5. The minimum Gasteiger partial charge on any atom is -0.496 e. The summed E-state index contributed by atoms with van der Waals surface area (Å²) in [5.74, 6) is -0.589. The van der Waals surface area contributed by atoms with Crippen molar-refractivity contribution >= 4 is 35.1 Å². The summed E-state index contributed by atoms with van der Waals surface area (Å²) in [6.07, 6.45) is 0.932. The van der Waals surface area contributed by atoms with Crippen LogP contribution in [0, 0.1) is 5.92 Å². The smallest absolute Gasteiger partial charge is 0.339 e. The number of hydrogen-bond donors (Lipinski definition) is 4. The second-order valence-corrected chi connectivity index (χ2v) is 11.9. The molecule has 0 radical (unpaired) electrons. The van der Waals surface area contributed by atoms with Gasteiger partial charge in [0.15, 0.2) is 6.23 Å². The molecule has 4 aliphatic heterocycles. The number of halogens is 1. The molecule has 0 unspecified atom stereocenters. The van der Waals surface area contributed by atoms with Gasteiger partial charge >= 0.3 is 5.97 Å². The minimum atomic E-state index is -0.673. The number of methoxy groups -OCH3 is 2. The summed E-state index contributed by atoms with van der Waals surface area (Å²) >= 11 is 6.13. The molecular weight excluding hydrogens is 590 g/mol. The Morgan fingerprint density at radius 3 is 2.39 bits per heavy atom. The fraction of sp³-hybridized carbons (Fsp3) is 0.516. The van der Waals surface area contributed by atoms with Crippen LogP contribution >= 0.6 is 11.6 Å². The lowest BCUT2D eigenvalue weighted by molar-refractivity contribution is -0.166. The highest BCUT2D eigenvalue weighted by atomic mass is 35.5. The quantitative estimate of drug-likeness (QED) is 0.226. The molecule has 2 bridgehead atoms. The molecule has 13 heteroatoms. The van der Waals surface area contributed by atoms with E-state index in [1.54, 1.807) is 31.4 Å². The number of fused-ring (bicyclic) bond motifs is 3. The van der Waals surface area contributed by atoms with Crippen molar-refractivity contribution in [1.82, 2.24) is 20.4 Å². The van der Waals surface area contributed by atoms with Gasteiger partial charge in [0.2, 0.25) is 0 Å². The summed E-state index contributed by atoms with van der Waals surface area (Å²) in [4.78, 5) is 42.7. The molecule has 2 aromatic carbocycles. The number of nitrogen functional groups attached to an aromatic ring is 1. The Labute approximate surface area is 261 Å². The van der Waals surface area contributed by atoms with Gasteiger partial charge in [-0.25, -0.2) is 4.79 Å². The van der Waals surface area contributed by atoms with Crippen LogP contribution in [0.5, 0.6) is 5.75 Å². The molecule has 4 heterocycles. The molecule has 4 aliphatic rings. The number of esters is 1. The van der Waals surface area contributed by atoms with E-state index in [9.17, 15) is 19.5 Å². The number of ether oxygens (including phenoxy) is 3. The maximum absolute atomic E-state index is 13.0. The van der Waals surface area contributed by atoms with Crippen molar-refractivity contribution in [2.75, 3.05) is 59.2 Å². The lowest BCUT2D eigenvalue weighted by Crippen LogP contribution is -2.59. The molecule has 12 nitrogen and oxygen atoms in total. The molecular formula is C31H40ClN5O7. The molecule has 4 atom stereocenters. The maximum atomic E-state index is 13.0. The van der Waals surface area contributed by atoms with Gasteiger partial charge in [-0.3, -0.25) is 19.4 Å². The predicted octanol–water partition coefficient (Wildman–Crippen LogP) is 1.75. The first-order valence-electron chi connectivity index (χ1n) is 14.9. The van der Waals surface area contributed by atoms with Crippen LogP contribution in [-0.2, 0) is 9.47 Å². The molecule has 6 rings (SSSR count). The highest BCUT2D eigenvalue weighted by molar-refractivity contribution is 6.33. The van der Waals surface area contributed by atoms with E-state index in [4.69, 9.17) is 31.5 Å². The number of aliphatic hydroxyl groups excluding tert-OH is 1. The molecule has 4 saturated heterocycles. The number of piperidine rings is 4. The topological polar surface area (TPSA) is 156 Å². The summed E-state index contributed by atoms with van der Waals surface area (Å²) < 4.78 is 16.6. The Kier molecular flexibility index (Phi) is 10.3. The fourth-order valence-corrected chi connectivity index (χ4v) is 6.39. The molecule has 0 saturated carbocycles. The van der Waals surface area contributed by atoms with Crippen molar-refractivity contribution in [3.8, 4) is 5.75 Å². The molecule has 0 aliphatic carbocycles. The zero-order valence-electron chi connectivity index (χ0n) is 25.0. The molecule has 44 heavy (non-hydrogen) atoms. The summed E-state index contributed by atoms with van der Waals surface area (Å²) in [5.41, 5.74) is 7.22. The van der Waals surface area contributed by atoms with Crippen LogP contribution in [0.4, 0.5) is 5.69 Å². The number of nitrogens with two attached hydrogens (primary N) is 1. The van der Waals surface area contributed by atoms with Crippen LogP contribution in [0.1, 0.15) is 50.3 Å². The van der Waals surface area contributed by atoms with Gasteiger partial charge in [-0.1, -0.05) is 11.6 Å². The van der Waals surface area contributed by atoms with E-state index in [-0.39, 0.29) is 34.9 Å². The fourth-order valence-electron chi connectivity index (χ4n) is 6.22. The number of rotatable bonds is 10. The number of aliphatic hydroxyl groups is 1. The van der Waals surface area contributed by atoms with Gasteiger partial charge in [0.1, 0.15) is 11.9 Å². The van der Waals surface area contributed by atoms with Gasteiger partial charge in [-0.2, -0.15) is 0 Å². The number of likely N-dealkylation sites (tertiary alicyclic amines) is 1. The summed E-state index contributed by atoms with van der Waals surface area (Å²) in [6.45, 7) is 3.91. The number of amides is 2. The summed E-state index contributed by atoms with van der Waals surface area (Å²) in [6, 6.07) is 9.11. The standard InChI is InChI=1S/C31H40ClN5O7/c1-42-25-16-23(33)22(32)15-21(25)29(40)35-24-9-11-36(17-26(24)43-2)14-10-34-28(39)19-3-5-20(6-4-19)31(41)44-30-27(38)18-7-12-37(30)13-8-18/h3-6,15-16,18,24,26-27,30,38H,7-14,17,33H2,1-2H3,(H,34,39)(H,35,40)/t24-,26+,27-,30-/m1/s1. The van der Waals surface area contributed by atoms with Gasteiger partial charge < -0.3 is 35.7 Å². The van der Waals surface area contributed by atoms with Crippen LogP contribution in [0.3, 0.4) is 0 Å². The molecule has 5 N–H and O–H groups in total. The third-order valence-electron chi connectivity index (χ3n) is 8.86. The van der Waals surface area contributed by atoms with E-state index in [1.165, 1.54) is 19.2 Å². The van der Waals surface area contributed by atoms with Gasteiger partial charge in [0.05, 0.1) is 41.1 Å². The van der Waals surface area contributed by atoms with Crippen molar-refractivity contribution in [3.05, 3.63) is 58.1 Å². The SMILES string of the molecule is COc1cc(N)c(Cl)cc1C(=O)N[C@@H]1CCN(CCNC(=O)c2ccc(C(=O)O[C@@H]3[C@H](O)C4CCN3CC4)cc2)C[C@@H]1OC. The van der Waals surface area contributed by atoms with E-state index in [0.717, 1.165) is 25.9 Å². The molecule has 238 valence electrons.